The second kappa shape index (κ2) is 7.29. The first-order chi connectivity index (χ1) is 12.1. The fraction of sp³-hybridized carbons (Fsp3) is 0.333. The van der Waals surface area contributed by atoms with Gasteiger partial charge in [0.2, 0.25) is 5.91 Å². The predicted octanol–water partition coefficient (Wildman–Crippen LogP) is 2.71. The van der Waals surface area contributed by atoms with Crippen molar-refractivity contribution in [1.29, 1.82) is 0 Å². The van der Waals surface area contributed by atoms with Gasteiger partial charge >= 0.3 is 0 Å². The van der Waals surface area contributed by atoms with Crippen molar-refractivity contribution in [2.75, 3.05) is 11.9 Å². The molecule has 1 aromatic carbocycles. The van der Waals surface area contributed by atoms with Gasteiger partial charge in [0.05, 0.1) is 6.61 Å². The van der Waals surface area contributed by atoms with Crippen molar-refractivity contribution >= 4 is 17.4 Å². The third-order valence-electron chi connectivity index (χ3n) is 4.04. The number of benzene rings is 1. The number of hydrogen-bond acceptors (Lipinski definition) is 5. The van der Waals surface area contributed by atoms with Gasteiger partial charge in [-0.1, -0.05) is 0 Å². The predicted molar refractivity (Wildman–Crippen MR) is 94.8 cm³/mol. The topological polar surface area (TPSA) is 81.4 Å². The van der Waals surface area contributed by atoms with Crippen molar-refractivity contribution < 1.29 is 9.53 Å². The van der Waals surface area contributed by atoms with Gasteiger partial charge in [-0.2, -0.15) is 10.1 Å². The van der Waals surface area contributed by atoms with Crippen molar-refractivity contribution in [2.24, 2.45) is 0 Å². The highest BCUT2D eigenvalue weighted by Gasteiger charge is 2.12. The molecule has 1 amide bonds. The van der Waals surface area contributed by atoms with E-state index in [0.717, 1.165) is 28.4 Å². The molecule has 1 N–H and O–H groups in total. The molecule has 0 spiro atoms. The Balaban J connectivity index is 1.64. The molecule has 2 heterocycles. The van der Waals surface area contributed by atoms with Crippen molar-refractivity contribution in [3.8, 4) is 5.75 Å². The minimum Gasteiger partial charge on any atom is -0.494 e. The third-order valence-corrected chi connectivity index (χ3v) is 4.04. The van der Waals surface area contributed by atoms with Crippen LogP contribution in [-0.2, 0) is 11.2 Å². The Morgan fingerprint density at radius 1 is 1.24 bits per heavy atom. The lowest BCUT2D eigenvalue weighted by Crippen LogP contribution is -2.14. The minimum absolute atomic E-state index is 0.0401. The number of aryl methyl sites for hydroxylation is 2. The molecule has 0 fully saturated rings. The van der Waals surface area contributed by atoms with Gasteiger partial charge in [0, 0.05) is 23.5 Å². The van der Waals surface area contributed by atoms with Gasteiger partial charge in [0.25, 0.3) is 5.78 Å². The lowest BCUT2D eigenvalue weighted by molar-refractivity contribution is -0.116. The van der Waals surface area contributed by atoms with Crippen molar-refractivity contribution in [1.82, 2.24) is 19.6 Å². The van der Waals surface area contributed by atoms with Crippen LogP contribution in [0, 0.1) is 13.8 Å². The molecular weight excluding hydrogens is 318 g/mol. The Hall–Kier alpha value is -2.96. The van der Waals surface area contributed by atoms with Crippen LogP contribution in [0.5, 0.6) is 5.75 Å². The summed E-state index contributed by atoms with van der Waals surface area (Å²) in [5, 5.41) is 7.07. The molecule has 7 heteroatoms. The summed E-state index contributed by atoms with van der Waals surface area (Å²) in [4.78, 5) is 20.8. The molecule has 0 unspecified atom stereocenters. The molecule has 0 radical (unpaired) electrons. The van der Waals surface area contributed by atoms with E-state index in [4.69, 9.17) is 4.74 Å². The number of fused-ring (bicyclic) bond motifs is 1. The summed E-state index contributed by atoms with van der Waals surface area (Å²) >= 11 is 0. The maximum absolute atomic E-state index is 12.2. The average molecular weight is 339 g/mol. The molecule has 7 nitrogen and oxygen atoms in total. The van der Waals surface area contributed by atoms with Gasteiger partial charge in [0.1, 0.15) is 12.1 Å². The van der Waals surface area contributed by atoms with Crippen LogP contribution in [0.2, 0.25) is 0 Å². The first-order valence-electron chi connectivity index (χ1n) is 8.27. The number of carbonyl (C=O) groups excluding carboxylic acids is 1. The van der Waals surface area contributed by atoms with Crippen LogP contribution in [0.15, 0.2) is 30.6 Å². The molecule has 0 atom stereocenters. The monoisotopic (exact) mass is 339 g/mol. The fourth-order valence-corrected chi connectivity index (χ4v) is 2.78. The molecule has 0 aliphatic rings. The van der Waals surface area contributed by atoms with Crippen LogP contribution >= 0.6 is 0 Å². The number of amides is 1. The first-order valence-corrected chi connectivity index (χ1v) is 8.27. The standard InChI is InChI=1S/C18H21N5O2/c1-4-25-15-7-5-14(6-8-15)22-17(24)10-9-16-12(2)21-18-19-11-20-23(18)13(16)3/h5-8,11H,4,9-10H2,1-3H3,(H,22,24). The molecule has 2 aromatic heterocycles. The lowest BCUT2D eigenvalue weighted by atomic mass is 10.1. The zero-order chi connectivity index (χ0) is 17.8. The van der Waals surface area contributed by atoms with E-state index in [1.807, 2.05) is 45.0 Å². The quantitative estimate of drug-likeness (QED) is 0.747. The Labute approximate surface area is 146 Å². The van der Waals surface area contributed by atoms with E-state index in [2.05, 4.69) is 20.4 Å². The number of aromatic nitrogens is 4. The SMILES string of the molecule is CCOc1ccc(NC(=O)CCc2c(C)nc3ncnn3c2C)cc1. The summed E-state index contributed by atoms with van der Waals surface area (Å²) in [6.07, 6.45) is 2.46. The van der Waals surface area contributed by atoms with Crippen molar-refractivity contribution in [3.63, 3.8) is 0 Å². The maximum atomic E-state index is 12.2. The van der Waals surface area contributed by atoms with Crippen LogP contribution in [0.3, 0.4) is 0 Å². The number of nitrogens with one attached hydrogen (secondary N) is 1. The second-order valence-electron chi connectivity index (χ2n) is 5.74. The molecule has 0 saturated carbocycles. The zero-order valence-corrected chi connectivity index (χ0v) is 14.6. The minimum atomic E-state index is -0.0401. The third kappa shape index (κ3) is 3.76. The number of rotatable bonds is 6. The number of anilines is 1. The Morgan fingerprint density at radius 3 is 2.72 bits per heavy atom. The van der Waals surface area contributed by atoms with E-state index in [1.54, 1.807) is 4.52 Å². The van der Waals surface area contributed by atoms with Crippen LogP contribution in [-0.4, -0.2) is 32.1 Å². The van der Waals surface area contributed by atoms with Crippen molar-refractivity contribution in [3.05, 3.63) is 47.5 Å². The largest absolute Gasteiger partial charge is 0.494 e. The smallest absolute Gasteiger partial charge is 0.252 e. The Morgan fingerprint density at radius 2 is 2.00 bits per heavy atom. The normalized spacial score (nSPS) is 10.8. The molecule has 3 rings (SSSR count). The lowest BCUT2D eigenvalue weighted by Gasteiger charge is -2.11. The van der Waals surface area contributed by atoms with E-state index in [1.165, 1.54) is 6.33 Å². The molecule has 25 heavy (non-hydrogen) atoms. The number of carbonyl (C=O) groups is 1. The van der Waals surface area contributed by atoms with E-state index >= 15 is 0 Å². The average Bonchev–Trinajstić information content (AvgIpc) is 3.05. The Kier molecular flexibility index (Phi) is 4.92. The van der Waals surface area contributed by atoms with Crippen LogP contribution < -0.4 is 10.1 Å². The van der Waals surface area contributed by atoms with Crippen molar-refractivity contribution in [2.45, 2.75) is 33.6 Å². The van der Waals surface area contributed by atoms with Crippen LogP contribution in [0.25, 0.3) is 5.78 Å². The summed E-state index contributed by atoms with van der Waals surface area (Å²) < 4.78 is 7.09. The summed E-state index contributed by atoms with van der Waals surface area (Å²) in [6.45, 7) is 6.46. The molecule has 0 aliphatic heterocycles. The maximum Gasteiger partial charge on any atom is 0.252 e. The highest BCUT2D eigenvalue weighted by atomic mass is 16.5. The molecular formula is C18H21N5O2. The van der Waals surface area contributed by atoms with Crippen LogP contribution in [0.4, 0.5) is 5.69 Å². The first kappa shape index (κ1) is 16.9. The van der Waals surface area contributed by atoms with Gasteiger partial charge in [-0.05, 0) is 57.0 Å². The van der Waals surface area contributed by atoms with E-state index in [9.17, 15) is 4.79 Å². The molecule has 130 valence electrons. The number of nitrogens with zero attached hydrogens (tertiary/aromatic N) is 4. The summed E-state index contributed by atoms with van der Waals surface area (Å²) in [5.74, 6) is 1.33. The van der Waals surface area contributed by atoms with Gasteiger partial charge in [-0.3, -0.25) is 4.79 Å². The zero-order valence-electron chi connectivity index (χ0n) is 14.6. The number of ether oxygens (including phenoxy) is 1. The second-order valence-corrected chi connectivity index (χ2v) is 5.74. The summed E-state index contributed by atoms with van der Waals surface area (Å²) in [5.41, 5.74) is 3.63. The molecule has 0 bridgehead atoms. The summed E-state index contributed by atoms with van der Waals surface area (Å²) in [6, 6.07) is 7.36. The van der Waals surface area contributed by atoms with Gasteiger partial charge in [-0.15, -0.1) is 0 Å². The summed E-state index contributed by atoms with van der Waals surface area (Å²) in [7, 11) is 0. The highest BCUT2D eigenvalue weighted by Crippen LogP contribution is 2.17. The van der Waals surface area contributed by atoms with Gasteiger partial charge < -0.3 is 10.1 Å². The molecule has 0 aliphatic carbocycles. The molecule has 3 aromatic rings. The van der Waals surface area contributed by atoms with Gasteiger partial charge in [0.15, 0.2) is 0 Å². The fourth-order valence-electron chi connectivity index (χ4n) is 2.78. The van der Waals surface area contributed by atoms with E-state index < -0.39 is 0 Å². The number of hydrogen-bond donors (Lipinski definition) is 1. The molecule has 0 saturated heterocycles. The Bertz CT molecular complexity index is 886. The van der Waals surface area contributed by atoms with E-state index in [-0.39, 0.29) is 5.91 Å². The van der Waals surface area contributed by atoms with Gasteiger partial charge in [-0.25, -0.2) is 9.50 Å². The van der Waals surface area contributed by atoms with E-state index in [0.29, 0.717) is 25.2 Å². The van der Waals surface area contributed by atoms with Crippen LogP contribution in [0.1, 0.15) is 30.3 Å². The highest BCUT2D eigenvalue weighted by molar-refractivity contribution is 5.90.